The third-order valence-corrected chi connectivity index (χ3v) is 3.84. The van der Waals surface area contributed by atoms with Gasteiger partial charge in [-0.2, -0.15) is 0 Å². The lowest BCUT2D eigenvalue weighted by molar-refractivity contribution is 0.292. The first-order valence-electron chi connectivity index (χ1n) is 6.80. The zero-order chi connectivity index (χ0) is 13.5. The highest BCUT2D eigenvalue weighted by Crippen LogP contribution is 2.33. The van der Waals surface area contributed by atoms with E-state index in [0.717, 1.165) is 35.5 Å². The van der Waals surface area contributed by atoms with E-state index in [0.29, 0.717) is 5.41 Å². The van der Waals surface area contributed by atoms with Crippen LogP contribution in [0.4, 0.5) is 11.5 Å². The molecule has 3 rings (SSSR count). The van der Waals surface area contributed by atoms with Gasteiger partial charge in [-0.1, -0.05) is 13.8 Å². The number of aromatic nitrogens is 2. The Morgan fingerprint density at radius 3 is 2.89 bits per heavy atom. The Morgan fingerprint density at radius 1 is 1.26 bits per heavy atom. The van der Waals surface area contributed by atoms with Crippen molar-refractivity contribution in [1.29, 1.82) is 0 Å². The molecule has 2 heterocycles. The van der Waals surface area contributed by atoms with Crippen LogP contribution in [-0.2, 0) is 0 Å². The standard InChI is InChI=1S/C15H20N4/c1-15(2)6-3-7-19(9-15)14-12-5-4-11(16)8-13(12)17-10-18-14/h4-5,8,10H,3,6-7,9,16H2,1-2H3. The van der Waals surface area contributed by atoms with Crippen molar-refractivity contribution in [2.45, 2.75) is 26.7 Å². The van der Waals surface area contributed by atoms with Crippen molar-refractivity contribution in [3.63, 3.8) is 0 Å². The molecule has 0 radical (unpaired) electrons. The molecule has 1 aromatic heterocycles. The molecule has 0 atom stereocenters. The molecule has 4 heteroatoms. The van der Waals surface area contributed by atoms with Gasteiger partial charge in [0.25, 0.3) is 0 Å². The van der Waals surface area contributed by atoms with E-state index in [1.165, 1.54) is 12.8 Å². The smallest absolute Gasteiger partial charge is 0.139 e. The summed E-state index contributed by atoms with van der Waals surface area (Å²) in [7, 11) is 0. The summed E-state index contributed by atoms with van der Waals surface area (Å²) in [6.07, 6.45) is 4.13. The monoisotopic (exact) mass is 256 g/mol. The summed E-state index contributed by atoms with van der Waals surface area (Å²) in [5.74, 6) is 1.04. The van der Waals surface area contributed by atoms with E-state index in [4.69, 9.17) is 5.73 Å². The van der Waals surface area contributed by atoms with E-state index in [1.54, 1.807) is 6.33 Å². The third-order valence-electron chi connectivity index (χ3n) is 3.84. The Morgan fingerprint density at radius 2 is 2.11 bits per heavy atom. The van der Waals surface area contributed by atoms with Gasteiger partial charge >= 0.3 is 0 Å². The molecule has 0 unspecified atom stereocenters. The number of nitrogen functional groups attached to an aromatic ring is 1. The van der Waals surface area contributed by atoms with Gasteiger partial charge in [-0.3, -0.25) is 0 Å². The normalized spacial score (nSPS) is 18.7. The van der Waals surface area contributed by atoms with Gasteiger partial charge < -0.3 is 10.6 Å². The number of fused-ring (bicyclic) bond motifs is 1. The first-order chi connectivity index (χ1) is 9.05. The van der Waals surface area contributed by atoms with Crippen LogP contribution in [0.25, 0.3) is 10.9 Å². The maximum atomic E-state index is 5.82. The van der Waals surface area contributed by atoms with Crippen LogP contribution in [-0.4, -0.2) is 23.1 Å². The van der Waals surface area contributed by atoms with Crippen molar-refractivity contribution < 1.29 is 0 Å². The molecule has 0 aliphatic carbocycles. The summed E-state index contributed by atoms with van der Waals surface area (Å²) in [6.45, 7) is 6.75. The molecular weight excluding hydrogens is 236 g/mol. The molecule has 0 saturated carbocycles. The van der Waals surface area contributed by atoms with Gasteiger partial charge in [-0.15, -0.1) is 0 Å². The van der Waals surface area contributed by atoms with Gasteiger partial charge in [0.1, 0.15) is 12.1 Å². The maximum absolute atomic E-state index is 5.82. The van der Waals surface area contributed by atoms with Crippen molar-refractivity contribution in [3.05, 3.63) is 24.5 Å². The average Bonchev–Trinajstić information content (AvgIpc) is 2.36. The lowest BCUT2D eigenvalue weighted by Gasteiger charge is -2.39. The van der Waals surface area contributed by atoms with E-state index in [9.17, 15) is 0 Å². The lowest BCUT2D eigenvalue weighted by atomic mass is 9.84. The molecule has 1 saturated heterocycles. The number of hydrogen-bond donors (Lipinski definition) is 1. The molecular formula is C15H20N4. The van der Waals surface area contributed by atoms with Gasteiger partial charge in [0.2, 0.25) is 0 Å². The molecule has 0 spiro atoms. The highest BCUT2D eigenvalue weighted by Gasteiger charge is 2.27. The first kappa shape index (κ1) is 12.2. The second-order valence-corrected chi connectivity index (χ2v) is 6.16. The Hall–Kier alpha value is -1.84. The fourth-order valence-electron chi connectivity index (χ4n) is 2.92. The van der Waals surface area contributed by atoms with Crippen LogP contribution in [0, 0.1) is 5.41 Å². The van der Waals surface area contributed by atoms with E-state index in [1.807, 2.05) is 18.2 Å². The SMILES string of the molecule is CC1(C)CCCN(c2ncnc3cc(N)ccc23)C1. The second kappa shape index (κ2) is 4.37. The van der Waals surface area contributed by atoms with Crippen LogP contribution >= 0.6 is 0 Å². The molecule has 19 heavy (non-hydrogen) atoms. The Kier molecular flexibility index (Phi) is 2.81. The third kappa shape index (κ3) is 2.35. The van der Waals surface area contributed by atoms with Crippen molar-refractivity contribution >= 4 is 22.4 Å². The minimum atomic E-state index is 0.351. The Balaban J connectivity index is 2.05. The molecule has 1 fully saturated rings. The van der Waals surface area contributed by atoms with Crippen molar-refractivity contribution in [2.75, 3.05) is 23.7 Å². The number of rotatable bonds is 1. The predicted octanol–water partition coefficient (Wildman–Crippen LogP) is 2.84. The predicted molar refractivity (Wildman–Crippen MR) is 79.2 cm³/mol. The maximum Gasteiger partial charge on any atom is 0.139 e. The quantitative estimate of drug-likeness (QED) is 0.797. The first-order valence-corrected chi connectivity index (χ1v) is 6.80. The van der Waals surface area contributed by atoms with E-state index >= 15 is 0 Å². The van der Waals surface area contributed by atoms with Gasteiger partial charge in [-0.05, 0) is 36.5 Å². The molecule has 2 N–H and O–H groups in total. The molecule has 0 amide bonds. The van der Waals surface area contributed by atoms with E-state index < -0.39 is 0 Å². The minimum absolute atomic E-state index is 0.351. The topological polar surface area (TPSA) is 55.0 Å². The Labute approximate surface area is 113 Å². The number of nitrogens with two attached hydrogens (primary N) is 1. The van der Waals surface area contributed by atoms with Gasteiger partial charge in [0.15, 0.2) is 0 Å². The molecule has 0 bridgehead atoms. The van der Waals surface area contributed by atoms with E-state index in [2.05, 4.69) is 28.7 Å². The van der Waals surface area contributed by atoms with Crippen LogP contribution < -0.4 is 10.6 Å². The number of anilines is 2. The lowest BCUT2D eigenvalue weighted by Crippen LogP contribution is -2.40. The number of benzene rings is 1. The fourth-order valence-corrected chi connectivity index (χ4v) is 2.92. The summed E-state index contributed by atoms with van der Waals surface area (Å²) in [5.41, 5.74) is 7.84. The summed E-state index contributed by atoms with van der Waals surface area (Å²) in [4.78, 5) is 11.2. The van der Waals surface area contributed by atoms with E-state index in [-0.39, 0.29) is 0 Å². The number of nitrogens with zero attached hydrogens (tertiary/aromatic N) is 3. The van der Waals surface area contributed by atoms with Crippen LogP contribution in [0.1, 0.15) is 26.7 Å². The molecule has 2 aromatic rings. The highest BCUT2D eigenvalue weighted by atomic mass is 15.2. The average molecular weight is 256 g/mol. The van der Waals surface area contributed by atoms with Crippen molar-refractivity contribution in [2.24, 2.45) is 5.41 Å². The molecule has 1 aliphatic rings. The van der Waals surface area contributed by atoms with Crippen molar-refractivity contribution in [1.82, 2.24) is 9.97 Å². The molecule has 1 aliphatic heterocycles. The summed E-state index contributed by atoms with van der Waals surface area (Å²) in [5, 5.41) is 1.09. The van der Waals surface area contributed by atoms with Crippen LogP contribution in [0.2, 0.25) is 0 Å². The molecule has 4 nitrogen and oxygen atoms in total. The van der Waals surface area contributed by atoms with Crippen LogP contribution in [0.5, 0.6) is 0 Å². The van der Waals surface area contributed by atoms with Crippen LogP contribution in [0.3, 0.4) is 0 Å². The van der Waals surface area contributed by atoms with Crippen molar-refractivity contribution in [3.8, 4) is 0 Å². The number of hydrogen-bond acceptors (Lipinski definition) is 4. The van der Waals surface area contributed by atoms with Gasteiger partial charge in [0.05, 0.1) is 5.52 Å². The second-order valence-electron chi connectivity index (χ2n) is 6.16. The van der Waals surface area contributed by atoms with Gasteiger partial charge in [0, 0.05) is 24.2 Å². The zero-order valence-electron chi connectivity index (χ0n) is 11.6. The molecule has 1 aromatic carbocycles. The summed E-state index contributed by atoms with van der Waals surface area (Å²) in [6, 6.07) is 5.86. The molecule has 100 valence electrons. The summed E-state index contributed by atoms with van der Waals surface area (Å²) < 4.78 is 0. The Bertz CT molecular complexity index is 606. The van der Waals surface area contributed by atoms with Crippen LogP contribution in [0.15, 0.2) is 24.5 Å². The summed E-state index contributed by atoms with van der Waals surface area (Å²) >= 11 is 0. The highest BCUT2D eigenvalue weighted by molar-refractivity contribution is 5.91. The largest absolute Gasteiger partial charge is 0.399 e. The minimum Gasteiger partial charge on any atom is -0.399 e. The zero-order valence-corrected chi connectivity index (χ0v) is 11.6. The number of piperidine rings is 1. The fraction of sp³-hybridized carbons (Fsp3) is 0.467. The van der Waals surface area contributed by atoms with Gasteiger partial charge in [-0.25, -0.2) is 9.97 Å².